The molecule has 32 heavy (non-hydrogen) atoms. The number of furan rings is 1. The average molecular weight is 440 g/mol. The smallest absolute Gasteiger partial charge is 0.290 e. The standard InChI is InChI=1S/C24H28N2O6/c1-15-6-8-18(32-15)22(27)20-21(16-7-9-17(30-2)19(14-16)31-3)26(24(29)23(20)28)13-12-25-10-4-5-11-25/h6-9,14,21,28H,4-5,10-13H2,1-3H3. The number of methoxy groups -OCH3 is 2. The minimum absolute atomic E-state index is 0.0120. The predicted octanol–water partition coefficient (Wildman–Crippen LogP) is 3.28. The highest BCUT2D eigenvalue weighted by atomic mass is 16.5. The first-order chi connectivity index (χ1) is 15.4. The first-order valence-corrected chi connectivity index (χ1v) is 10.7. The van der Waals surface area contributed by atoms with E-state index in [0.29, 0.717) is 35.9 Å². The van der Waals surface area contributed by atoms with Gasteiger partial charge in [0, 0.05) is 13.1 Å². The van der Waals surface area contributed by atoms with E-state index < -0.39 is 23.5 Å². The number of aliphatic hydroxyl groups is 1. The number of amides is 1. The fourth-order valence-corrected chi connectivity index (χ4v) is 4.43. The number of benzene rings is 1. The fraction of sp³-hybridized carbons (Fsp3) is 0.417. The Bertz CT molecular complexity index is 1050. The van der Waals surface area contributed by atoms with Gasteiger partial charge in [0.2, 0.25) is 5.78 Å². The van der Waals surface area contributed by atoms with Crippen LogP contribution in [0.25, 0.3) is 0 Å². The Labute approximate surface area is 187 Å². The first-order valence-electron chi connectivity index (χ1n) is 10.7. The second-order valence-corrected chi connectivity index (χ2v) is 8.07. The summed E-state index contributed by atoms with van der Waals surface area (Å²) in [6.45, 7) is 4.76. The molecule has 1 saturated heterocycles. The van der Waals surface area contributed by atoms with Gasteiger partial charge in [0.15, 0.2) is 23.0 Å². The number of carbonyl (C=O) groups is 2. The molecule has 1 unspecified atom stereocenters. The zero-order valence-corrected chi connectivity index (χ0v) is 18.6. The fourth-order valence-electron chi connectivity index (χ4n) is 4.43. The van der Waals surface area contributed by atoms with Gasteiger partial charge in [-0.15, -0.1) is 0 Å². The number of ketones is 1. The lowest BCUT2D eigenvalue weighted by Crippen LogP contribution is -2.37. The SMILES string of the molecule is COc1ccc(C2C(C(=O)c3ccc(C)o3)=C(O)C(=O)N2CCN2CCCC2)cc1OC. The summed E-state index contributed by atoms with van der Waals surface area (Å²) in [5.74, 6) is 0.0687. The predicted molar refractivity (Wildman–Crippen MR) is 117 cm³/mol. The number of carbonyl (C=O) groups excluding carboxylic acids is 2. The molecule has 4 rings (SSSR count). The molecule has 1 N–H and O–H groups in total. The second kappa shape index (κ2) is 9.08. The molecule has 1 atom stereocenters. The van der Waals surface area contributed by atoms with Crippen molar-refractivity contribution in [2.75, 3.05) is 40.4 Å². The molecule has 1 fully saturated rings. The summed E-state index contributed by atoms with van der Waals surface area (Å²) in [5, 5.41) is 10.8. The van der Waals surface area contributed by atoms with Crippen LogP contribution >= 0.6 is 0 Å². The van der Waals surface area contributed by atoms with Gasteiger partial charge >= 0.3 is 0 Å². The van der Waals surface area contributed by atoms with Crippen molar-refractivity contribution >= 4 is 11.7 Å². The van der Waals surface area contributed by atoms with E-state index in [9.17, 15) is 14.7 Å². The minimum Gasteiger partial charge on any atom is -0.503 e. The van der Waals surface area contributed by atoms with E-state index in [2.05, 4.69) is 4.90 Å². The Morgan fingerprint density at radius 2 is 1.81 bits per heavy atom. The number of likely N-dealkylation sites (tertiary alicyclic amines) is 1. The second-order valence-electron chi connectivity index (χ2n) is 8.07. The van der Waals surface area contributed by atoms with Crippen LogP contribution in [0, 0.1) is 6.92 Å². The average Bonchev–Trinajstić information content (AvgIpc) is 3.53. The topological polar surface area (TPSA) is 92.5 Å². The lowest BCUT2D eigenvalue weighted by Gasteiger charge is -2.29. The van der Waals surface area contributed by atoms with E-state index in [1.165, 1.54) is 7.11 Å². The van der Waals surface area contributed by atoms with Crippen LogP contribution in [-0.4, -0.2) is 67.0 Å². The van der Waals surface area contributed by atoms with Crippen molar-refractivity contribution in [2.45, 2.75) is 25.8 Å². The number of rotatable bonds is 8. The highest BCUT2D eigenvalue weighted by Gasteiger charge is 2.44. The van der Waals surface area contributed by atoms with Gasteiger partial charge in [0.05, 0.1) is 25.8 Å². The highest BCUT2D eigenvalue weighted by Crippen LogP contribution is 2.41. The molecule has 1 aromatic carbocycles. The van der Waals surface area contributed by atoms with E-state index in [1.54, 1.807) is 49.3 Å². The normalized spacial score (nSPS) is 19.2. The third-order valence-corrected chi connectivity index (χ3v) is 6.09. The molecule has 0 spiro atoms. The Morgan fingerprint density at radius 1 is 1.09 bits per heavy atom. The van der Waals surface area contributed by atoms with E-state index >= 15 is 0 Å². The number of Topliss-reactive ketones (excluding diaryl/α,β-unsaturated/α-hetero) is 1. The van der Waals surface area contributed by atoms with Gasteiger partial charge in [-0.2, -0.15) is 0 Å². The number of nitrogens with zero attached hydrogens (tertiary/aromatic N) is 2. The summed E-state index contributed by atoms with van der Waals surface area (Å²) >= 11 is 0. The van der Waals surface area contributed by atoms with Gasteiger partial charge in [-0.1, -0.05) is 6.07 Å². The zero-order chi connectivity index (χ0) is 22.8. The summed E-state index contributed by atoms with van der Waals surface area (Å²) in [6, 6.07) is 7.72. The van der Waals surface area contributed by atoms with Gasteiger partial charge in [-0.05, 0) is 62.7 Å². The van der Waals surface area contributed by atoms with Crippen LogP contribution in [0.2, 0.25) is 0 Å². The van der Waals surface area contributed by atoms with Crippen LogP contribution < -0.4 is 9.47 Å². The van der Waals surface area contributed by atoms with Gasteiger partial charge in [0.25, 0.3) is 5.91 Å². The van der Waals surface area contributed by atoms with Crippen molar-refractivity contribution in [3.05, 3.63) is 58.7 Å². The van der Waals surface area contributed by atoms with Crippen molar-refractivity contribution in [1.82, 2.24) is 9.80 Å². The molecule has 8 heteroatoms. The summed E-state index contributed by atoms with van der Waals surface area (Å²) in [5.41, 5.74) is 0.658. The lowest BCUT2D eigenvalue weighted by molar-refractivity contribution is -0.129. The Kier molecular flexibility index (Phi) is 6.23. The summed E-state index contributed by atoms with van der Waals surface area (Å²) < 4.78 is 16.3. The zero-order valence-electron chi connectivity index (χ0n) is 18.6. The monoisotopic (exact) mass is 440 g/mol. The third kappa shape index (κ3) is 3.98. The van der Waals surface area contributed by atoms with E-state index in [1.807, 2.05) is 0 Å². The maximum Gasteiger partial charge on any atom is 0.290 e. The van der Waals surface area contributed by atoms with E-state index in [-0.39, 0.29) is 11.3 Å². The van der Waals surface area contributed by atoms with Crippen molar-refractivity contribution in [1.29, 1.82) is 0 Å². The number of aliphatic hydroxyl groups excluding tert-OH is 1. The molecule has 8 nitrogen and oxygen atoms in total. The van der Waals surface area contributed by atoms with Crippen molar-refractivity contribution < 1.29 is 28.6 Å². The van der Waals surface area contributed by atoms with E-state index in [4.69, 9.17) is 13.9 Å². The Morgan fingerprint density at radius 3 is 2.44 bits per heavy atom. The Hall–Kier alpha value is -3.26. The van der Waals surface area contributed by atoms with Crippen LogP contribution in [0.4, 0.5) is 0 Å². The van der Waals surface area contributed by atoms with Crippen LogP contribution in [0.15, 0.2) is 46.1 Å². The van der Waals surface area contributed by atoms with Crippen molar-refractivity contribution in [3.8, 4) is 11.5 Å². The minimum atomic E-state index is -0.761. The summed E-state index contributed by atoms with van der Waals surface area (Å²) in [6.07, 6.45) is 2.27. The van der Waals surface area contributed by atoms with Gasteiger partial charge in [-0.25, -0.2) is 0 Å². The largest absolute Gasteiger partial charge is 0.503 e. The number of hydrogen-bond donors (Lipinski definition) is 1. The van der Waals surface area contributed by atoms with Gasteiger partial charge in [-0.3, -0.25) is 9.59 Å². The first kappa shape index (κ1) is 22.0. The Balaban J connectivity index is 1.74. The number of aryl methyl sites for hydroxylation is 1. The molecule has 2 aliphatic heterocycles. The van der Waals surface area contributed by atoms with Gasteiger partial charge in [0.1, 0.15) is 5.76 Å². The molecule has 0 bridgehead atoms. The molecule has 0 saturated carbocycles. The van der Waals surface area contributed by atoms with Crippen molar-refractivity contribution in [2.24, 2.45) is 0 Å². The molecule has 170 valence electrons. The molecular formula is C24H28N2O6. The van der Waals surface area contributed by atoms with Crippen LogP contribution in [-0.2, 0) is 4.79 Å². The molecule has 3 heterocycles. The number of hydrogen-bond acceptors (Lipinski definition) is 7. The van der Waals surface area contributed by atoms with Crippen LogP contribution in [0.1, 0.15) is 40.8 Å². The molecule has 1 amide bonds. The molecule has 2 aromatic rings. The third-order valence-electron chi connectivity index (χ3n) is 6.09. The van der Waals surface area contributed by atoms with Crippen LogP contribution in [0.3, 0.4) is 0 Å². The molecule has 1 aromatic heterocycles. The lowest BCUT2D eigenvalue weighted by atomic mass is 9.94. The molecular weight excluding hydrogens is 412 g/mol. The molecule has 0 radical (unpaired) electrons. The summed E-state index contributed by atoms with van der Waals surface area (Å²) in [4.78, 5) is 30.2. The number of ether oxygens (including phenoxy) is 2. The maximum absolute atomic E-state index is 13.3. The molecule has 2 aliphatic rings. The van der Waals surface area contributed by atoms with E-state index in [0.717, 1.165) is 25.9 Å². The maximum atomic E-state index is 13.3. The molecule has 0 aliphatic carbocycles. The quantitative estimate of drug-likeness (QED) is 0.630. The van der Waals surface area contributed by atoms with Crippen LogP contribution in [0.5, 0.6) is 11.5 Å². The van der Waals surface area contributed by atoms with Gasteiger partial charge < -0.3 is 28.8 Å². The highest BCUT2D eigenvalue weighted by molar-refractivity contribution is 6.15. The summed E-state index contributed by atoms with van der Waals surface area (Å²) in [7, 11) is 3.07. The van der Waals surface area contributed by atoms with Crippen molar-refractivity contribution in [3.63, 3.8) is 0 Å².